The van der Waals surface area contributed by atoms with Crippen LogP contribution < -0.4 is 0 Å². The minimum absolute atomic E-state index is 0.251. The monoisotopic (exact) mass is 582 g/mol. The molecule has 33 heavy (non-hydrogen) atoms. The predicted octanol–water partition coefficient (Wildman–Crippen LogP) is 8.31. The van der Waals surface area contributed by atoms with Crippen LogP contribution in [0.5, 0.6) is 0 Å². The Bertz CT molecular complexity index is 1100. The van der Waals surface area contributed by atoms with Gasteiger partial charge in [0, 0.05) is 0 Å². The van der Waals surface area contributed by atoms with Gasteiger partial charge in [-0.3, -0.25) is 0 Å². The molecule has 0 radical (unpaired) electrons. The van der Waals surface area contributed by atoms with Gasteiger partial charge in [0.05, 0.1) is 0 Å². The van der Waals surface area contributed by atoms with Crippen LogP contribution in [0.25, 0.3) is 11.1 Å². The summed E-state index contributed by atoms with van der Waals surface area (Å²) in [5, 5.41) is 1.38. The van der Waals surface area contributed by atoms with Crippen LogP contribution in [0.15, 0.2) is 97.9 Å². The first-order valence-corrected chi connectivity index (χ1v) is 25.7. The van der Waals surface area contributed by atoms with Gasteiger partial charge in [-0.15, -0.1) is 0 Å². The van der Waals surface area contributed by atoms with Gasteiger partial charge in [-0.05, 0) is 0 Å². The van der Waals surface area contributed by atoms with Crippen molar-refractivity contribution < 1.29 is 9.53 Å². The fourth-order valence-electron chi connectivity index (χ4n) is 3.55. The molecule has 0 saturated heterocycles. The minimum atomic E-state index is -2.48. The van der Waals surface area contributed by atoms with Crippen molar-refractivity contribution in [3.63, 3.8) is 0 Å². The summed E-state index contributed by atoms with van der Waals surface area (Å²) in [7, 11) is -1.70. The van der Waals surface area contributed by atoms with Gasteiger partial charge in [0.2, 0.25) is 0 Å². The fourth-order valence-corrected chi connectivity index (χ4v) is 19.0. The molecular weight excluding hydrogens is 547 g/mol. The summed E-state index contributed by atoms with van der Waals surface area (Å²) in [4.78, 5) is 21.5. The molecule has 0 aromatic heterocycles. The molecule has 0 saturated carbocycles. The molecule has 0 heterocycles. The molecule has 0 N–H and O–H groups in total. The molecular formula is C28H34O2SSiSn. The van der Waals surface area contributed by atoms with Gasteiger partial charge in [-0.2, -0.15) is 0 Å². The molecule has 3 aromatic rings. The first-order valence-electron chi connectivity index (χ1n) is 11.4. The van der Waals surface area contributed by atoms with E-state index >= 15 is 0 Å². The molecule has 3 aromatic carbocycles. The van der Waals surface area contributed by atoms with Crippen LogP contribution in [0, 0.1) is 0 Å². The van der Waals surface area contributed by atoms with Crippen LogP contribution in [0.4, 0.5) is 0 Å². The normalized spacial score (nSPS) is 12.8. The van der Waals surface area contributed by atoms with Crippen LogP contribution in [0.1, 0.15) is 10.4 Å². The standard InChI is InChI=1S/C25H25O2SSi.3CH3.Sn/c1-29(2,3)24(19-28-23-12-8-5-9-13-23)18-27-25(26)22-16-14-21(15-17-22)20-10-6-4-7-11-20;;;;/h4-17H,18H2,1-3H3;3*1H3;. The van der Waals surface area contributed by atoms with E-state index in [1.807, 2.05) is 54.2 Å². The van der Waals surface area contributed by atoms with Crippen LogP contribution in [0.2, 0.25) is 34.5 Å². The van der Waals surface area contributed by atoms with Crippen molar-refractivity contribution in [1.29, 1.82) is 0 Å². The number of thioether (sulfide) groups is 1. The zero-order chi connectivity index (χ0) is 24.1. The van der Waals surface area contributed by atoms with E-state index in [0.717, 1.165) is 11.1 Å². The predicted molar refractivity (Wildman–Crippen MR) is 148 cm³/mol. The Morgan fingerprint density at radius 2 is 1.30 bits per heavy atom. The van der Waals surface area contributed by atoms with E-state index in [1.54, 1.807) is 0 Å². The first kappa shape index (κ1) is 25.9. The zero-order valence-electron chi connectivity index (χ0n) is 20.5. The number of esters is 1. The van der Waals surface area contributed by atoms with Crippen LogP contribution in [-0.2, 0) is 4.74 Å². The molecule has 0 unspecified atom stereocenters. The summed E-state index contributed by atoms with van der Waals surface area (Å²) in [5.74, 6) is -0.251. The second kappa shape index (κ2) is 11.1. The Morgan fingerprint density at radius 1 is 0.788 bits per heavy atom. The number of benzene rings is 3. The van der Waals surface area contributed by atoms with Crippen molar-refractivity contribution in [2.75, 3.05) is 6.61 Å². The topological polar surface area (TPSA) is 26.3 Å². The summed E-state index contributed by atoms with van der Waals surface area (Å²) in [5.41, 5.74) is 2.83. The summed E-state index contributed by atoms with van der Waals surface area (Å²) < 4.78 is 7.45. The van der Waals surface area contributed by atoms with Crippen molar-refractivity contribution in [3.05, 3.63) is 98.6 Å². The molecule has 0 bridgehead atoms. The molecule has 0 aliphatic heterocycles. The van der Waals surface area contributed by atoms with E-state index in [0.29, 0.717) is 12.2 Å². The van der Waals surface area contributed by atoms with Crippen LogP contribution in [0.3, 0.4) is 0 Å². The Hall–Kier alpha value is -1.76. The molecule has 0 aliphatic carbocycles. The molecule has 0 amide bonds. The molecule has 0 spiro atoms. The van der Waals surface area contributed by atoms with E-state index in [9.17, 15) is 4.79 Å². The summed E-state index contributed by atoms with van der Waals surface area (Å²) >= 11 is -0.583. The van der Waals surface area contributed by atoms with Gasteiger partial charge in [-0.25, -0.2) is 0 Å². The van der Waals surface area contributed by atoms with E-state index in [4.69, 9.17) is 4.74 Å². The van der Waals surface area contributed by atoms with Crippen LogP contribution >= 0.6 is 11.8 Å². The fraction of sp³-hybridized carbons (Fsp3) is 0.250. The van der Waals surface area contributed by atoms with Gasteiger partial charge in [0.25, 0.3) is 0 Å². The van der Waals surface area contributed by atoms with Crippen molar-refractivity contribution in [2.45, 2.75) is 39.4 Å². The summed E-state index contributed by atoms with van der Waals surface area (Å²) in [6.07, 6.45) is 0. The molecule has 0 atom stereocenters. The van der Waals surface area contributed by atoms with Crippen molar-refractivity contribution in [3.8, 4) is 11.1 Å². The van der Waals surface area contributed by atoms with E-state index < -0.39 is 26.5 Å². The molecule has 5 heteroatoms. The first-order chi connectivity index (χ1) is 15.6. The van der Waals surface area contributed by atoms with Gasteiger partial charge in [0.1, 0.15) is 0 Å². The second-order valence-corrected chi connectivity index (χ2v) is 31.7. The van der Waals surface area contributed by atoms with Crippen LogP contribution in [-0.4, -0.2) is 39.0 Å². The number of rotatable bonds is 8. The Balaban J connectivity index is 1.83. The average molecular weight is 581 g/mol. The summed E-state index contributed by atoms with van der Waals surface area (Å²) in [6, 6.07) is 28.5. The number of ether oxygens (including phenoxy) is 1. The van der Waals surface area contributed by atoms with Gasteiger partial charge in [-0.1, -0.05) is 6.07 Å². The van der Waals surface area contributed by atoms with Crippen molar-refractivity contribution >= 4 is 44.2 Å². The summed E-state index contributed by atoms with van der Waals surface area (Å²) in [6.45, 7) is 7.45. The number of carbonyl (C=O) groups excluding carboxylic acids is 1. The van der Waals surface area contributed by atoms with E-state index in [-0.39, 0.29) is 5.97 Å². The number of hydrogen-bond donors (Lipinski definition) is 0. The third kappa shape index (κ3) is 7.36. The van der Waals surface area contributed by atoms with Gasteiger partial charge >= 0.3 is 203 Å². The third-order valence-electron chi connectivity index (χ3n) is 5.40. The molecule has 3 rings (SSSR count). The maximum atomic E-state index is 12.9. The Morgan fingerprint density at radius 3 is 1.82 bits per heavy atom. The molecule has 0 fully saturated rings. The Labute approximate surface area is 208 Å². The number of carbonyl (C=O) groups is 1. The van der Waals surface area contributed by atoms with Gasteiger partial charge in [0.15, 0.2) is 0 Å². The van der Waals surface area contributed by atoms with Gasteiger partial charge < -0.3 is 0 Å². The SMILES string of the molecule is C[Si](C)(C)/C(COC(=O)c1ccc(-c2ccccc2)cc1)=[C](/Sc1ccccc1)[Sn]([CH3])([CH3])[CH3]. The third-order valence-corrected chi connectivity index (χ3v) is 19.2. The Kier molecular flexibility index (Phi) is 8.70. The van der Waals surface area contributed by atoms with E-state index in [2.05, 4.69) is 76.9 Å². The molecule has 172 valence electrons. The van der Waals surface area contributed by atoms with Crippen molar-refractivity contribution in [1.82, 2.24) is 0 Å². The van der Waals surface area contributed by atoms with Crippen molar-refractivity contribution in [2.24, 2.45) is 0 Å². The zero-order valence-corrected chi connectivity index (χ0v) is 25.2. The average Bonchev–Trinajstić information content (AvgIpc) is 2.78. The quantitative estimate of drug-likeness (QED) is 0.152. The maximum absolute atomic E-state index is 12.9. The number of hydrogen-bond acceptors (Lipinski definition) is 3. The molecule has 2 nitrogen and oxygen atoms in total. The second-order valence-electron chi connectivity index (χ2n) is 10.2. The molecule has 0 aliphatic rings. The van der Waals surface area contributed by atoms with E-state index in [1.165, 1.54) is 13.0 Å².